The Labute approximate surface area is 104 Å². The van der Waals surface area contributed by atoms with Crippen LogP contribution < -0.4 is 5.73 Å². The van der Waals surface area contributed by atoms with Crippen molar-refractivity contribution in [1.29, 1.82) is 0 Å². The molecule has 17 heavy (non-hydrogen) atoms. The van der Waals surface area contributed by atoms with Gasteiger partial charge in [-0.15, -0.1) is 0 Å². The van der Waals surface area contributed by atoms with Gasteiger partial charge in [0.25, 0.3) is 0 Å². The molecule has 0 radical (unpaired) electrons. The minimum atomic E-state index is 0.206. The van der Waals surface area contributed by atoms with Crippen molar-refractivity contribution < 1.29 is 4.74 Å². The monoisotopic (exact) mass is 233 g/mol. The zero-order valence-electron chi connectivity index (χ0n) is 10.9. The molecule has 0 spiro atoms. The van der Waals surface area contributed by atoms with E-state index in [1.54, 1.807) is 0 Å². The summed E-state index contributed by atoms with van der Waals surface area (Å²) in [7, 11) is 0. The summed E-state index contributed by atoms with van der Waals surface area (Å²) in [6.45, 7) is 6.86. The average Bonchev–Trinajstić information content (AvgIpc) is 2.33. The summed E-state index contributed by atoms with van der Waals surface area (Å²) in [6, 6.07) is 9.01. The predicted molar refractivity (Wildman–Crippen MR) is 71.2 cm³/mol. The first-order valence-corrected chi connectivity index (χ1v) is 6.56. The Hall–Kier alpha value is -0.860. The SMILES string of the molecule is CCC(C)c1ccc(CC2(CN)COC2)cc1. The van der Waals surface area contributed by atoms with Crippen LogP contribution in [-0.2, 0) is 11.2 Å². The highest BCUT2D eigenvalue weighted by Gasteiger charge is 2.37. The molecule has 0 aromatic heterocycles. The summed E-state index contributed by atoms with van der Waals surface area (Å²) >= 11 is 0. The summed E-state index contributed by atoms with van der Waals surface area (Å²) < 4.78 is 5.30. The first kappa shape index (κ1) is 12.6. The second-order valence-electron chi connectivity index (χ2n) is 5.42. The Bertz CT molecular complexity index is 348. The van der Waals surface area contributed by atoms with E-state index in [-0.39, 0.29) is 5.41 Å². The van der Waals surface area contributed by atoms with E-state index >= 15 is 0 Å². The predicted octanol–water partition coefficient (Wildman–Crippen LogP) is 2.72. The Balaban J connectivity index is 2.03. The minimum Gasteiger partial charge on any atom is -0.380 e. The molecular formula is C15H23NO. The molecule has 94 valence electrons. The van der Waals surface area contributed by atoms with Crippen molar-refractivity contribution in [2.75, 3.05) is 19.8 Å². The minimum absolute atomic E-state index is 0.206. The van der Waals surface area contributed by atoms with E-state index in [9.17, 15) is 0 Å². The van der Waals surface area contributed by atoms with Crippen molar-refractivity contribution in [2.45, 2.75) is 32.6 Å². The average molecular weight is 233 g/mol. The second-order valence-corrected chi connectivity index (χ2v) is 5.42. The fraction of sp³-hybridized carbons (Fsp3) is 0.600. The van der Waals surface area contributed by atoms with Gasteiger partial charge in [-0.1, -0.05) is 38.1 Å². The molecule has 2 heteroatoms. The summed E-state index contributed by atoms with van der Waals surface area (Å²) in [5, 5.41) is 0. The van der Waals surface area contributed by atoms with Gasteiger partial charge in [0, 0.05) is 12.0 Å². The van der Waals surface area contributed by atoms with Crippen LogP contribution in [0.2, 0.25) is 0 Å². The van der Waals surface area contributed by atoms with Gasteiger partial charge in [-0.2, -0.15) is 0 Å². The summed E-state index contributed by atoms with van der Waals surface area (Å²) in [4.78, 5) is 0. The highest BCUT2D eigenvalue weighted by atomic mass is 16.5. The second kappa shape index (κ2) is 5.19. The molecule has 1 atom stereocenters. The third kappa shape index (κ3) is 2.70. The van der Waals surface area contributed by atoms with E-state index in [0.717, 1.165) is 26.2 Å². The summed E-state index contributed by atoms with van der Waals surface area (Å²) in [6.07, 6.45) is 2.24. The molecule has 1 unspecified atom stereocenters. The lowest BCUT2D eigenvalue weighted by Gasteiger charge is -2.40. The van der Waals surface area contributed by atoms with Gasteiger partial charge in [0.1, 0.15) is 0 Å². The van der Waals surface area contributed by atoms with Gasteiger partial charge >= 0.3 is 0 Å². The molecule has 1 aromatic carbocycles. The van der Waals surface area contributed by atoms with E-state index in [2.05, 4.69) is 38.1 Å². The first-order chi connectivity index (χ1) is 8.19. The maximum absolute atomic E-state index is 5.84. The van der Waals surface area contributed by atoms with Crippen molar-refractivity contribution >= 4 is 0 Å². The molecule has 1 heterocycles. The first-order valence-electron chi connectivity index (χ1n) is 6.56. The normalized spacial score (nSPS) is 19.7. The van der Waals surface area contributed by atoms with E-state index in [1.807, 2.05) is 0 Å². The Morgan fingerprint density at radius 1 is 1.29 bits per heavy atom. The zero-order valence-corrected chi connectivity index (χ0v) is 10.9. The van der Waals surface area contributed by atoms with Crippen molar-refractivity contribution in [3.63, 3.8) is 0 Å². The lowest BCUT2D eigenvalue weighted by atomic mass is 9.79. The van der Waals surface area contributed by atoms with Crippen LogP contribution >= 0.6 is 0 Å². The Kier molecular flexibility index (Phi) is 3.85. The van der Waals surface area contributed by atoms with Crippen molar-refractivity contribution in [1.82, 2.24) is 0 Å². The Morgan fingerprint density at radius 3 is 2.35 bits per heavy atom. The quantitative estimate of drug-likeness (QED) is 0.848. The molecule has 2 rings (SSSR count). The highest BCUT2D eigenvalue weighted by Crippen LogP contribution is 2.31. The number of benzene rings is 1. The molecule has 1 fully saturated rings. The number of hydrogen-bond donors (Lipinski definition) is 1. The van der Waals surface area contributed by atoms with Crippen LogP contribution in [0, 0.1) is 5.41 Å². The van der Waals surface area contributed by atoms with Gasteiger partial charge in [0.15, 0.2) is 0 Å². The largest absolute Gasteiger partial charge is 0.380 e. The lowest BCUT2D eigenvalue weighted by Crippen LogP contribution is -2.49. The lowest BCUT2D eigenvalue weighted by molar-refractivity contribution is -0.106. The maximum atomic E-state index is 5.84. The van der Waals surface area contributed by atoms with Gasteiger partial charge < -0.3 is 10.5 Å². The molecule has 1 aliphatic heterocycles. The molecule has 0 saturated carbocycles. The van der Waals surface area contributed by atoms with Crippen molar-refractivity contribution in [3.8, 4) is 0 Å². The molecule has 1 aromatic rings. The standard InChI is InChI=1S/C15H23NO/c1-3-12(2)14-6-4-13(5-7-14)8-15(9-16)10-17-11-15/h4-7,12H,3,8-11,16H2,1-2H3. The van der Waals surface area contributed by atoms with Crippen LogP contribution in [0.15, 0.2) is 24.3 Å². The number of nitrogens with two attached hydrogens (primary N) is 1. The van der Waals surface area contributed by atoms with Crippen LogP contribution in [-0.4, -0.2) is 19.8 Å². The van der Waals surface area contributed by atoms with Crippen LogP contribution in [0.1, 0.15) is 37.3 Å². The highest BCUT2D eigenvalue weighted by molar-refractivity contribution is 5.26. The molecular weight excluding hydrogens is 210 g/mol. The van der Waals surface area contributed by atoms with Crippen molar-refractivity contribution in [2.24, 2.45) is 11.1 Å². The van der Waals surface area contributed by atoms with Crippen LogP contribution in [0.3, 0.4) is 0 Å². The smallest absolute Gasteiger partial charge is 0.0560 e. The van der Waals surface area contributed by atoms with E-state index in [1.165, 1.54) is 17.5 Å². The number of rotatable bonds is 5. The molecule has 1 aliphatic rings. The van der Waals surface area contributed by atoms with E-state index in [4.69, 9.17) is 10.5 Å². The van der Waals surface area contributed by atoms with Gasteiger partial charge in [0.05, 0.1) is 13.2 Å². The van der Waals surface area contributed by atoms with E-state index < -0.39 is 0 Å². The number of ether oxygens (including phenoxy) is 1. The van der Waals surface area contributed by atoms with Gasteiger partial charge in [-0.3, -0.25) is 0 Å². The fourth-order valence-electron chi connectivity index (χ4n) is 2.32. The Morgan fingerprint density at radius 2 is 1.94 bits per heavy atom. The van der Waals surface area contributed by atoms with Gasteiger partial charge in [-0.25, -0.2) is 0 Å². The molecule has 0 amide bonds. The van der Waals surface area contributed by atoms with Crippen molar-refractivity contribution in [3.05, 3.63) is 35.4 Å². The van der Waals surface area contributed by atoms with Crippen LogP contribution in [0.25, 0.3) is 0 Å². The maximum Gasteiger partial charge on any atom is 0.0560 e. The molecule has 0 aliphatic carbocycles. The number of hydrogen-bond acceptors (Lipinski definition) is 2. The van der Waals surface area contributed by atoms with Crippen LogP contribution in [0.5, 0.6) is 0 Å². The molecule has 2 nitrogen and oxygen atoms in total. The molecule has 0 bridgehead atoms. The summed E-state index contributed by atoms with van der Waals surface area (Å²) in [5.74, 6) is 0.652. The zero-order chi connectivity index (χ0) is 12.3. The topological polar surface area (TPSA) is 35.2 Å². The summed E-state index contributed by atoms with van der Waals surface area (Å²) in [5.41, 5.74) is 8.86. The molecule has 2 N–H and O–H groups in total. The van der Waals surface area contributed by atoms with Crippen LogP contribution in [0.4, 0.5) is 0 Å². The third-order valence-corrected chi connectivity index (χ3v) is 3.99. The van der Waals surface area contributed by atoms with Gasteiger partial charge in [0.2, 0.25) is 0 Å². The fourth-order valence-corrected chi connectivity index (χ4v) is 2.32. The van der Waals surface area contributed by atoms with Gasteiger partial charge in [-0.05, 0) is 29.9 Å². The van der Waals surface area contributed by atoms with E-state index in [0.29, 0.717) is 5.92 Å². The third-order valence-electron chi connectivity index (χ3n) is 3.99. The molecule has 1 saturated heterocycles.